The van der Waals surface area contributed by atoms with Gasteiger partial charge in [0.15, 0.2) is 23.1 Å². The van der Waals surface area contributed by atoms with E-state index < -0.39 is 203 Å². The van der Waals surface area contributed by atoms with Gasteiger partial charge in [-0.2, -0.15) is 0 Å². The van der Waals surface area contributed by atoms with Crippen molar-refractivity contribution in [2.45, 2.75) is 282 Å². The second-order valence-electron chi connectivity index (χ2n) is 31.1. The summed E-state index contributed by atoms with van der Waals surface area (Å²) in [5, 5.41) is 32.8. The highest BCUT2D eigenvalue weighted by Crippen LogP contribution is 2.31. The van der Waals surface area contributed by atoms with Crippen LogP contribution in [-0.2, 0) is 78.3 Å². The van der Waals surface area contributed by atoms with E-state index in [1.165, 1.54) is 31.7 Å². The molecule has 0 bridgehead atoms. The quantitative estimate of drug-likeness (QED) is 0.0264. The number of aliphatic hydroxyl groups is 1. The number of amides is 9. The molecule has 0 aliphatic carbocycles. The maximum Gasteiger partial charge on any atom is 0.329 e. The fourth-order valence-corrected chi connectivity index (χ4v) is 13.2. The Morgan fingerprint density at radius 2 is 1.28 bits per heavy atom. The number of allylic oxidation sites excluding steroid dienone is 1. The molecule has 17 atom stereocenters. The molecule has 11 N–H and O–H groups in total. The molecule has 1 aromatic rings. The van der Waals surface area contributed by atoms with E-state index in [2.05, 4.69) is 42.5 Å². The summed E-state index contributed by atoms with van der Waals surface area (Å²) in [7, 11) is 0. The Kier molecular flexibility index (Phi) is 38.7. The highest BCUT2D eigenvalue weighted by atomic mass is 16.5. The Labute approximate surface area is 623 Å². The SMILES string of the molecule is C/C=C1\NC(=O)[C@H](Cc2ccccc2)NC(=O)[C@@H](C(C)C)CC(=O)[C@@H]([C@@H](C)CC)NC(=O)[C@H](CC(=O)[C@H](NC(=O)[C@H](CCCN)CC(=O)[C@H]2CCCN2C(=O)[C@H](CC(=O)[C@@H](NC(=O)[C@@H](NC(=O)[C@H](NC(=O)CC[C@@H](C)CC)C(C)C)[C@@H](C)O)C(C)C)C(C)C)[C@@H](C)CC)[C@@H](C)OC(=O)[C@H](C(C)C)NC1=O. The van der Waals surface area contributed by atoms with E-state index in [-0.39, 0.29) is 82.0 Å². The summed E-state index contributed by atoms with van der Waals surface area (Å²) in [6.45, 7) is 32.8. The second-order valence-corrected chi connectivity index (χ2v) is 31.1. The number of carbonyl (C=O) groups excluding carboxylic acids is 14. The van der Waals surface area contributed by atoms with Crippen molar-refractivity contribution in [3.8, 4) is 0 Å². The van der Waals surface area contributed by atoms with Crippen molar-refractivity contribution in [1.29, 1.82) is 0 Å². The molecule has 0 unspecified atom stereocenters. The molecule has 1 aromatic carbocycles. The first-order valence-corrected chi connectivity index (χ1v) is 38.4. The summed E-state index contributed by atoms with van der Waals surface area (Å²) in [5.41, 5.74) is 6.45. The Bertz CT molecular complexity index is 3150. The van der Waals surface area contributed by atoms with Crippen LogP contribution in [0.15, 0.2) is 42.1 Å². The number of ether oxygens (including phenoxy) is 1. The van der Waals surface area contributed by atoms with E-state index in [9.17, 15) is 62.6 Å². The monoisotopic (exact) mass is 1470 g/mol. The van der Waals surface area contributed by atoms with Crippen molar-refractivity contribution < 1.29 is 77.0 Å². The van der Waals surface area contributed by atoms with Crippen LogP contribution in [0.5, 0.6) is 0 Å². The molecule has 0 saturated carbocycles. The predicted octanol–water partition coefficient (Wildman–Crippen LogP) is 6.20. The van der Waals surface area contributed by atoms with Crippen LogP contribution in [0.1, 0.15) is 221 Å². The van der Waals surface area contributed by atoms with Gasteiger partial charge in [0.1, 0.15) is 36.0 Å². The maximum atomic E-state index is 15.2. The molecule has 2 aliphatic heterocycles. The number of esters is 1. The Balaban J connectivity index is 2.00. The smallest absolute Gasteiger partial charge is 0.329 e. The molecule has 2 heterocycles. The van der Waals surface area contributed by atoms with Crippen LogP contribution in [0, 0.1) is 71.0 Å². The van der Waals surface area contributed by atoms with E-state index >= 15 is 9.59 Å². The van der Waals surface area contributed by atoms with E-state index in [1.54, 1.807) is 120 Å². The minimum Gasteiger partial charge on any atom is -0.460 e. The summed E-state index contributed by atoms with van der Waals surface area (Å²) in [6, 6.07) is -1.02. The van der Waals surface area contributed by atoms with Crippen LogP contribution in [0.25, 0.3) is 0 Å². The van der Waals surface area contributed by atoms with Crippen LogP contribution >= 0.6 is 0 Å². The van der Waals surface area contributed by atoms with Gasteiger partial charge < -0.3 is 63.0 Å². The number of ketones is 4. The first-order valence-electron chi connectivity index (χ1n) is 38.4. The second kappa shape index (κ2) is 44.4. The number of benzene rings is 1. The van der Waals surface area contributed by atoms with Crippen molar-refractivity contribution >= 4 is 82.3 Å². The average Bonchev–Trinajstić information content (AvgIpc) is 1.80. The van der Waals surface area contributed by atoms with Gasteiger partial charge in [0.25, 0.3) is 5.91 Å². The van der Waals surface area contributed by atoms with Crippen LogP contribution in [0.4, 0.5) is 0 Å². The van der Waals surface area contributed by atoms with Gasteiger partial charge in [-0.05, 0) is 112 Å². The molecule has 9 amide bonds. The van der Waals surface area contributed by atoms with E-state index in [1.807, 2.05) is 20.8 Å². The minimum absolute atomic E-state index is 0.00407. The summed E-state index contributed by atoms with van der Waals surface area (Å²) >= 11 is 0. The zero-order valence-corrected chi connectivity index (χ0v) is 66.1. The van der Waals surface area contributed by atoms with Gasteiger partial charge in [0, 0.05) is 62.8 Å². The summed E-state index contributed by atoms with van der Waals surface area (Å²) in [4.78, 5) is 203. The van der Waals surface area contributed by atoms with E-state index in [4.69, 9.17) is 10.5 Å². The maximum absolute atomic E-state index is 15.2. The molecular weight excluding hydrogens is 1340 g/mol. The molecule has 2 saturated heterocycles. The van der Waals surface area contributed by atoms with Gasteiger partial charge in [-0.25, -0.2) is 4.79 Å². The Morgan fingerprint density at radius 1 is 0.667 bits per heavy atom. The minimum atomic E-state index is -1.53. The van der Waals surface area contributed by atoms with Gasteiger partial charge in [0.2, 0.25) is 47.3 Å². The third-order valence-corrected chi connectivity index (χ3v) is 21.0. The lowest BCUT2D eigenvalue weighted by molar-refractivity contribution is -0.159. The normalized spacial score (nSPS) is 23.0. The van der Waals surface area contributed by atoms with E-state index in [0.717, 1.165) is 6.42 Å². The van der Waals surface area contributed by atoms with Crippen LogP contribution in [0.3, 0.4) is 0 Å². The molecule has 0 radical (unpaired) electrons. The molecule has 26 nitrogen and oxygen atoms in total. The fourth-order valence-electron chi connectivity index (χ4n) is 13.2. The zero-order valence-electron chi connectivity index (χ0n) is 66.1. The lowest BCUT2D eigenvalue weighted by Crippen LogP contribution is -2.60. The first-order chi connectivity index (χ1) is 49.3. The number of nitrogens with one attached hydrogen (secondary N) is 8. The molecule has 0 aromatic heterocycles. The zero-order chi connectivity index (χ0) is 79.4. The number of hydrogen-bond acceptors (Lipinski definition) is 17. The Hall–Kier alpha value is -7.74. The van der Waals surface area contributed by atoms with Gasteiger partial charge in [-0.1, -0.05) is 166 Å². The molecule has 590 valence electrons. The molecule has 2 aliphatic rings. The lowest BCUT2D eigenvalue weighted by Gasteiger charge is -2.33. The molecule has 105 heavy (non-hydrogen) atoms. The number of Topliss-reactive ketones (excluding diaryl/α,β-unsaturated/α-hetero) is 4. The lowest BCUT2D eigenvalue weighted by atomic mass is 9.83. The topological polar surface area (TPSA) is 394 Å². The third kappa shape index (κ3) is 27.8. The number of nitrogens with two attached hydrogens (primary N) is 1. The number of rotatable bonds is 36. The largest absolute Gasteiger partial charge is 0.460 e. The third-order valence-electron chi connectivity index (χ3n) is 21.0. The highest BCUT2D eigenvalue weighted by molar-refractivity contribution is 6.03. The van der Waals surface area contributed by atoms with Gasteiger partial charge >= 0.3 is 5.97 Å². The summed E-state index contributed by atoms with van der Waals surface area (Å²) in [5.74, 6) is -17.1. The van der Waals surface area contributed by atoms with Gasteiger partial charge in [-0.15, -0.1) is 0 Å². The van der Waals surface area contributed by atoms with Crippen LogP contribution in [0.2, 0.25) is 0 Å². The average molecular weight is 1470 g/mol. The van der Waals surface area contributed by atoms with Gasteiger partial charge in [0.05, 0.1) is 36.2 Å². The number of hydrogen-bond donors (Lipinski definition) is 10. The number of likely N-dealkylation sites (tertiary alicyclic amines) is 1. The van der Waals surface area contributed by atoms with Crippen molar-refractivity contribution in [2.24, 2.45) is 76.7 Å². The molecule has 2 fully saturated rings. The number of cyclic esters (lactones) is 1. The Morgan fingerprint density at radius 3 is 1.82 bits per heavy atom. The summed E-state index contributed by atoms with van der Waals surface area (Å²) in [6.07, 6.45) is 0.184. The standard InChI is InChI=1S/C79H128N10O16/c1-20-47(15)33-34-64(95)83-66(45(11)12)76(101)88-70(50(18)90)77(102)84-65(44(9)10)61(92)40-55(43(7)8)78(103)89-36-28-32-59(89)60(91)38-53(31-27-35-80)71(96)86-68(48(16)21-2)63(94)41-56-51(19)105-79(104)67(46(13)14)85-74(99)57(23-4)81-75(100)58(37-52-29-25-24-26-30-52)82-72(97)54(42(5)6)39-62(93)69(49(17)22-3)87-73(56)98/h23-26,29-30,42-51,53-56,58-59,65-70,90H,20-22,27-28,31-41,80H2,1-19H3,(H,81,100)(H,82,97)(H,83,95)(H,84,102)(H,85,99)(H,86,96)(H,87,98)(H,88,101)/b57-23-/t47-,48-,49-,50+,51+,53+,54+,55+,56+,58-,59+,65-,66+,67-,68+,69+,70-/m0/s1. The van der Waals surface area contributed by atoms with Crippen molar-refractivity contribution in [2.75, 3.05) is 13.1 Å². The molecule has 26 heteroatoms. The fraction of sp³-hybridized carbons (Fsp3) is 0.722. The molecule has 0 spiro atoms. The van der Waals surface area contributed by atoms with E-state index in [0.29, 0.717) is 37.2 Å². The highest BCUT2D eigenvalue weighted by Gasteiger charge is 2.45. The number of nitrogens with zero attached hydrogens (tertiary/aromatic N) is 1. The molecular formula is C79H128N10O16. The van der Waals surface area contributed by atoms with Gasteiger partial charge in [-0.3, -0.25) is 62.3 Å². The van der Waals surface area contributed by atoms with Crippen LogP contribution in [-0.4, -0.2) is 166 Å². The first kappa shape index (κ1) is 91.5. The predicted molar refractivity (Wildman–Crippen MR) is 400 cm³/mol. The molecule has 3 rings (SSSR count). The van der Waals surface area contributed by atoms with Crippen molar-refractivity contribution in [3.05, 3.63) is 47.7 Å². The van der Waals surface area contributed by atoms with Crippen LogP contribution < -0.4 is 48.3 Å². The number of carbonyl (C=O) groups is 14. The van der Waals surface area contributed by atoms with Crippen molar-refractivity contribution in [1.82, 2.24) is 47.4 Å². The number of aliphatic hydroxyl groups excluding tert-OH is 1. The summed E-state index contributed by atoms with van der Waals surface area (Å²) < 4.78 is 6.05. The van der Waals surface area contributed by atoms with Crippen molar-refractivity contribution in [3.63, 3.8) is 0 Å².